The summed E-state index contributed by atoms with van der Waals surface area (Å²) in [6.45, 7) is 5.51. The van der Waals surface area contributed by atoms with Gasteiger partial charge in [0, 0.05) is 17.5 Å². The molecule has 1 heterocycles. The highest BCUT2D eigenvalue weighted by Gasteiger charge is 2.21. The number of benzene rings is 1. The lowest BCUT2D eigenvalue weighted by Crippen LogP contribution is -2.22. The smallest absolute Gasteiger partial charge is 0.144 e. The Labute approximate surface area is 135 Å². The van der Waals surface area contributed by atoms with Gasteiger partial charge in [-0.25, -0.2) is 8.60 Å². The Morgan fingerprint density at radius 1 is 1.43 bits per heavy atom. The largest absolute Gasteiger partial charge is 0.365 e. The van der Waals surface area contributed by atoms with Gasteiger partial charge in [0.05, 0.1) is 9.77 Å². The molecule has 0 bridgehead atoms. The van der Waals surface area contributed by atoms with Gasteiger partial charge in [-0.2, -0.15) is 4.40 Å². The van der Waals surface area contributed by atoms with Gasteiger partial charge in [-0.1, -0.05) is 23.2 Å². The van der Waals surface area contributed by atoms with Crippen LogP contribution in [-0.2, 0) is 11.0 Å². The molecule has 1 aromatic carbocycles. The van der Waals surface area contributed by atoms with E-state index in [9.17, 15) is 8.60 Å². The van der Waals surface area contributed by atoms with Crippen LogP contribution in [0.4, 0.5) is 10.1 Å². The minimum atomic E-state index is -1.36. The molecule has 1 aliphatic heterocycles. The molecule has 3 nitrogen and oxygen atoms in total. The van der Waals surface area contributed by atoms with Gasteiger partial charge in [0.25, 0.3) is 0 Å². The lowest BCUT2D eigenvalue weighted by molar-refractivity contribution is 0.628. The van der Waals surface area contributed by atoms with Gasteiger partial charge in [-0.15, -0.1) is 0 Å². The van der Waals surface area contributed by atoms with Crippen molar-refractivity contribution in [1.82, 2.24) is 0 Å². The van der Waals surface area contributed by atoms with Gasteiger partial charge in [0.15, 0.2) is 0 Å². The van der Waals surface area contributed by atoms with Crippen LogP contribution in [0.15, 0.2) is 22.1 Å². The second-order valence-corrected chi connectivity index (χ2v) is 8.38. The fraction of sp³-hybridized carbons (Fsp3) is 0.357. The topological polar surface area (TPSA) is 41.5 Å². The summed E-state index contributed by atoms with van der Waals surface area (Å²) in [5, 5.41) is 2.99. The highest BCUT2D eigenvalue weighted by Crippen LogP contribution is 2.32. The SMILES string of the molecule is CC(C)(C)S(=O)/N=C/C1=Cc2cc(Cl)c(F)cc2NC1Cl. The summed E-state index contributed by atoms with van der Waals surface area (Å²) in [6.07, 6.45) is 3.23. The molecule has 2 unspecified atom stereocenters. The monoisotopic (exact) mass is 348 g/mol. The molecule has 1 N–H and O–H groups in total. The highest BCUT2D eigenvalue weighted by molar-refractivity contribution is 7.85. The molecule has 0 saturated heterocycles. The summed E-state index contributed by atoms with van der Waals surface area (Å²) in [7, 11) is -1.36. The first kappa shape index (κ1) is 16.5. The quantitative estimate of drug-likeness (QED) is 0.489. The Kier molecular flexibility index (Phi) is 4.76. The van der Waals surface area contributed by atoms with Crippen LogP contribution in [-0.4, -0.2) is 20.7 Å². The molecule has 0 spiro atoms. The van der Waals surface area contributed by atoms with E-state index in [0.717, 1.165) is 0 Å². The summed E-state index contributed by atoms with van der Waals surface area (Å²) < 4.78 is 28.9. The molecule has 7 heteroatoms. The molecule has 1 aromatic rings. The zero-order valence-electron chi connectivity index (χ0n) is 11.8. The van der Waals surface area contributed by atoms with Gasteiger partial charge >= 0.3 is 0 Å². The zero-order chi connectivity index (χ0) is 15.8. The van der Waals surface area contributed by atoms with Crippen LogP contribution in [0.25, 0.3) is 6.08 Å². The number of nitrogens with zero attached hydrogens (tertiary/aromatic N) is 1. The van der Waals surface area contributed by atoms with Gasteiger partial charge in [0.2, 0.25) is 0 Å². The number of fused-ring (bicyclic) bond motifs is 1. The number of nitrogens with one attached hydrogen (secondary N) is 1. The van der Waals surface area contributed by atoms with Crippen LogP contribution in [0.5, 0.6) is 0 Å². The predicted molar refractivity (Wildman–Crippen MR) is 89.0 cm³/mol. The minimum Gasteiger partial charge on any atom is -0.365 e. The van der Waals surface area contributed by atoms with Crippen LogP contribution >= 0.6 is 23.2 Å². The maximum absolute atomic E-state index is 13.4. The van der Waals surface area contributed by atoms with E-state index >= 15 is 0 Å². The molecule has 0 radical (unpaired) electrons. The first-order valence-electron chi connectivity index (χ1n) is 6.26. The molecule has 2 rings (SSSR count). The van der Waals surface area contributed by atoms with Gasteiger partial charge in [-0.3, -0.25) is 0 Å². The molecule has 0 aromatic heterocycles. The molecule has 21 heavy (non-hydrogen) atoms. The van der Waals surface area contributed by atoms with Crippen molar-refractivity contribution in [3.8, 4) is 0 Å². The summed E-state index contributed by atoms with van der Waals surface area (Å²) in [6, 6.07) is 2.81. The summed E-state index contributed by atoms with van der Waals surface area (Å²) in [5.74, 6) is -0.508. The van der Waals surface area contributed by atoms with E-state index in [0.29, 0.717) is 16.8 Å². The Morgan fingerprint density at radius 3 is 2.71 bits per heavy atom. The van der Waals surface area contributed by atoms with Crippen molar-refractivity contribution in [2.45, 2.75) is 31.0 Å². The lowest BCUT2D eigenvalue weighted by atomic mass is 10.0. The van der Waals surface area contributed by atoms with E-state index in [1.54, 1.807) is 6.08 Å². The van der Waals surface area contributed by atoms with E-state index in [-0.39, 0.29) is 5.02 Å². The van der Waals surface area contributed by atoms with Crippen molar-refractivity contribution in [1.29, 1.82) is 0 Å². The van der Waals surface area contributed by atoms with E-state index in [1.807, 2.05) is 20.8 Å². The van der Waals surface area contributed by atoms with E-state index in [2.05, 4.69) is 9.71 Å². The van der Waals surface area contributed by atoms with Crippen molar-refractivity contribution in [2.75, 3.05) is 5.32 Å². The van der Waals surface area contributed by atoms with Crippen molar-refractivity contribution >= 4 is 52.2 Å². The Morgan fingerprint density at radius 2 is 2.10 bits per heavy atom. The molecular formula is C14H15Cl2FN2OS. The standard InChI is InChI=1S/C14H15Cl2FN2OS/c1-14(2,3)21(20)18-7-9-4-8-5-10(15)11(17)6-12(8)19-13(9)16/h4-7,13,19H,1-3H3/b18-7+. The maximum atomic E-state index is 13.4. The molecule has 114 valence electrons. The Hall–Kier alpha value is -0.910. The third-order valence-corrected chi connectivity index (χ3v) is 4.81. The fourth-order valence-corrected chi connectivity index (χ4v) is 2.59. The molecule has 0 fully saturated rings. The molecule has 0 saturated carbocycles. The van der Waals surface area contributed by atoms with Crippen LogP contribution in [0, 0.1) is 5.82 Å². The van der Waals surface area contributed by atoms with Crippen molar-refractivity contribution < 1.29 is 8.60 Å². The number of hydrogen-bond acceptors (Lipinski definition) is 2. The third-order valence-electron chi connectivity index (χ3n) is 2.81. The maximum Gasteiger partial charge on any atom is 0.144 e. The molecule has 0 amide bonds. The van der Waals surface area contributed by atoms with Crippen molar-refractivity contribution in [3.05, 3.63) is 34.1 Å². The van der Waals surface area contributed by atoms with Crippen molar-refractivity contribution in [2.24, 2.45) is 4.40 Å². The second-order valence-electron chi connectivity index (χ2n) is 5.60. The summed E-state index contributed by atoms with van der Waals surface area (Å²) in [4.78, 5) is 0. The molecular weight excluding hydrogens is 334 g/mol. The first-order valence-corrected chi connectivity index (χ1v) is 8.18. The van der Waals surface area contributed by atoms with Crippen LogP contribution in [0.1, 0.15) is 26.3 Å². The minimum absolute atomic E-state index is 0.0365. The summed E-state index contributed by atoms with van der Waals surface area (Å²) >= 11 is 11.9. The zero-order valence-corrected chi connectivity index (χ0v) is 14.1. The van der Waals surface area contributed by atoms with Crippen LogP contribution < -0.4 is 5.32 Å². The van der Waals surface area contributed by atoms with Gasteiger partial charge in [0.1, 0.15) is 22.3 Å². The molecule has 2 atom stereocenters. The number of rotatable bonds is 2. The molecule has 0 aliphatic carbocycles. The lowest BCUT2D eigenvalue weighted by Gasteiger charge is -2.22. The number of anilines is 1. The van der Waals surface area contributed by atoms with Crippen molar-refractivity contribution in [3.63, 3.8) is 0 Å². The van der Waals surface area contributed by atoms with Gasteiger partial charge < -0.3 is 5.32 Å². The average Bonchev–Trinajstić information content (AvgIpc) is 2.37. The third kappa shape index (κ3) is 3.84. The summed E-state index contributed by atoms with van der Waals surface area (Å²) in [5.41, 5.74) is 1.34. The first-order chi connectivity index (χ1) is 9.68. The Bertz CT molecular complexity index is 653. The van der Waals surface area contributed by atoms with Crippen LogP contribution in [0.2, 0.25) is 5.02 Å². The number of halogens is 3. The second kappa shape index (κ2) is 6.07. The van der Waals surface area contributed by atoms with E-state index in [1.165, 1.54) is 18.3 Å². The highest BCUT2D eigenvalue weighted by atomic mass is 35.5. The Balaban J connectivity index is 2.32. The van der Waals surface area contributed by atoms with Gasteiger partial charge in [-0.05, 0) is 44.5 Å². The average molecular weight is 349 g/mol. The number of alkyl halides is 1. The van der Waals surface area contributed by atoms with E-state index in [4.69, 9.17) is 23.2 Å². The fourth-order valence-electron chi connectivity index (χ4n) is 1.65. The number of hydrogen-bond donors (Lipinski definition) is 1. The van der Waals surface area contributed by atoms with E-state index < -0.39 is 27.1 Å². The molecule has 1 aliphatic rings. The normalized spacial score (nSPS) is 19.9. The van der Waals surface area contributed by atoms with Crippen LogP contribution in [0.3, 0.4) is 0 Å². The predicted octanol–water partition coefficient (Wildman–Crippen LogP) is 4.39.